The zero-order chi connectivity index (χ0) is 34.1. The van der Waals surface area contributed by atoms with E-state index in [1.165, 1.54) is 14.2 Å². The number of aryl methyl sites for hydroxylation is 1. The number of likely N-dealkylation sites (tertiary alicyclic amines) is 1. The Kier molecular flexibility index (Phi) is 12.9. The normalized spacial score (nSPS) is 14.7. The van der Waals surface area contributed by atoms with E-state index >= 15 is 0 Å². The van der Waals surface area contributed by atoms with Crippen molar-refractivity contribution in [3.63, 3.8) is 0 Å². The number of hydrogen-bond acceptors (Lipinski definition) is 9. The van der Waals surface area contributed by atoms with Crippen LogP contribution in [0.3, 0.4) is 0 Å². The van der Waals surface area contributed by atoms with E-state index in [4.69, 9.17) is 42.9 Å². The molecule has 3 aromatic rings. The number of nitrogens with one attached hydrogen (secondary N) is 1. The number of piperidine rings is 1. The number of methoxy groups -OCH3 is 2. The summed E-state index contributed by atoms with van der Waals surface area (Å²) in [6.07, 6.45) is 5.97. The molecule has 11 nitrogen and oxygen atoms in total. The zero-order valence-corrected chi connectivity index (χ0v) is 29.1. The average Bonchev–Trinajstić information content (AvgIpc) is 3.09. The lowest BCUT2D eigenvalue weighted by molar-refractivity contribution is -0.128. The van der Waals surface area contributed by atoms with Crippen molar-refractivity contribution in [3.05, 3.63) is 50.9 Å². The first-order chi connectivity index (χ1) is 22.7. The monoisotopic (exact) mass is 683 g/mol. The molecule has 47 heavy (non-hydrogen) atoms. The number of anilines is 1. The lowest BCUT2D eigenvalue weighted by Gasteiger charge is -2.32. The van der Waals surface area contributed by atoms with Gasteiger partial charge in [-0.05, 0) is 63.7 Å². The molecule has 0 bridgehead atoms. The second-order valence-electron chi connectivity index (χ2n) is 11.6. The zero-order valence-electron chi connectivity index (χ0n) is 27.6. The number of aromatic nitrogens is 3. The first-order valence-corrected chi connectivity index (χ1v) is 16.8. The fourth-order valence-corrected chi connectivity index (χ4v) is 6.69. The van der Waals surface area contributed by atoms with Crippen LogP contribution < -0.4 is 20.3 Å². The molecule has 1 amide bonds. The fourth-order valence-electron chi connectivity index (χ4n) is 5.99. The van der Waals surface area contributed by atoms with Gasteiger partial charge in [-0.15, -0.1) is 0 Å². The van der Waals surface area contributed by atoms with Gasteiger partial charge in [-0.3, -0.25) is 14.2 Å². The van der Waals surface area contributed by atoms with Crippen LogP contribution in [0.4, 0.5) is 5.95 Å². The van der Waals surface area contributed by atoms with Gasteiger partial charge in [0.2, 0.25) is 5.95 Å². The van der Waals surface area contributed by atoms with E-state index in [-0.39, 0.29) is 38.6 Å². The Balaban J connectivity index is 1.70. The Morgan fingerprint density at radius 3 is 2.51 bits per heavy atom. The maximum atomic E-state index is 14.4. The van der Waals surface area contributed by atoms with E-state index in [0.29, 0.717) is 66.6 Å². The van der Waals surface area contributed by atoms with Gasteiger partial charge in [-0.1, -0.05) is 43.6 Å². The highest BCUT2D eigenvalue weighted by Gasteiger charge is 2.27. The average molecular weight is 685 g/mol. The number of halogens is 2. The van der Waals surface area contributed by atoms with Gasteiger partial charge in [0.25, 0.3) is 11.5 Å². The van der Waals surface area contributed by atoms with E-state index in [9.17, 15) is 9.59 Å². The standard InChI is InChI=1S/C34H43Cl2N7O4/c1-6-41(7-2)14-9-8-13-38-34-39-20-24-17-25(28-29(35)26(46-4)18-27(47-5)30(28)36)33(45)43(31(24)40-34)16-12-23-11-10-15-42(21-23)32(44)22(3)19-37/h17-18,20,23H,3,6-16,21H2,1-2,4-5H3,(H,38,39,40). The van der Waals surface area contributed by atoms with Crippen LogP contribution in [0.25, 0.3) is 22.2 Å². The van der Waals surface area contributed by atoms with Crippen molar-refractivity contribution in [2.24, 2.45) is 5.92 Å². The van der Waals surface area contributed by atoms with Crippen LogP contribution in [0.1, 0.15) is 46.0 Å². The molecule has 252 valence electrons. The molecule has 13 heteroatoms. The molecule has 1 aliphatic rings. The van der Waals surface area contributed by atoms with Gasteiger partial charge in [-0.2, -0.15) is 10.2 Å². The smallest absolute Gasteiger partial charge is 0.263 e. The van der Waals surface area contributed by atoms with Crippen LogP contribution in [0.5, 0.6) is 11.5 Å². The first-order valence-electron chi connectivity index (χ1n) is 16.0. The molecule has 0 aliphatic carbocycles. The second-order valence-corrected chi connectivity index (χ2v) is 12.3. The van der Waals surface area contributed by atoms with Crippen LogP contribution in [-0.2, 0) is 11.3 Å². The van der Waals surface area contributed by atoms with Crippen LogP contribution in [0.2, 0.25) is 10.0 Å². The molecule has 1 aromatic carbocycles. The predicted molar refractivity (Wildman–Crippen MR) is 187 cm³/mol. The van der Waals surface area contributed by atoms with Crippen molar-refractivity contribution in [2.45, 2.75) is 52.5 Å². The van der Waals surface area contributed by atoms with Gasteiger partial charge in [0.05, 0.1) is 29.8 Å². The van der Waals surface area contributed by atoms with Crippen molar-refractivity contribution >= 4 is 46.1 Å². The lowest BCUT2D eigenvalue weighted by Crippen LogP contribution is -2.40. The van der Waals surface area contributed by atoms with Crippen LogP contribution in [-0.4, -0.2) is 83.7 Å². The molecule has 0 radical (unpaired) electrons. The van der Waals surface area contributed by atoms with E-state index in [1.807, 2.05) is 6.07 Å². The number of amides is 1. The number of pyridine rings is 1. The third-order valence-electron chi connectivity index (χ3n) is 8.71. The highest BCUT2D eigenvalue weighted by molar-refractivity contribution is 6.41. The van der Waals surface area contributed by atoms with E-state index in [1.54, 1.807) is 27.8 Å². The summed E-state index contributed by atoms with van der Waals surface area (Å²) in [4.78, 5) is 40.4. The van der Waals surface area contributed by atoms with Gasteiger partial charge in [-0.25, -0.2) is 4.98 Å². The summed E-state index contributed by atoms with van der Waals surface area (Å²) < 4.78 is 12.6. The lowest BCUT2D eigenvalue weighted by atomic mass is 9.94. The third-order valence-corrected chi connectivity index (χ3v) is 9.46. The molecular weight excluding hydrogens is 641 g/mol. The number of carbonyl (C=O) groups is 1. The van der Waals surface area contributed by atoms with Crippen molar-refractivity contribution < 1.29 is 14.3 Å². The number of unbranched alkanes of at least 4 members (excludes halogenated alkanes) is 1. The van der Waals surface area contributed by atoms with Gasteiger partial charge in [0.1, 0.15) is 28.8 Å². The van der Waals surface area contributed by atoms with Crippen molar-refractivity contribution in [1.82, 2.24) is 24.3 Å². The molecule has 0 saturated carbocycles. The van der Waals surface area contributed by atoms with Gasteiger partial charge < -0.3 is 24.6 Å². The molecule has 1 fully saturated rings. The van der Waals surface area contributed by atoms with Gasteiger partial charge >= 0.3 is 0 Å². The number of nitrogens with zero attached hydrogens (tertiary/aromatic N) is 6. The number of benzene rings is 1. The quantitative estimate of drug-likeness (QED) is 0.116. The Hall–Kier alpha value is -3.85. The van der Waals surface area contributed by atoms with Crippen molar-refractivity contribution in [2.75, 3.05) is 58.8 Å². The third kappa shape index (κ3) is 8.36. The Bertz CT molecular complexity index is 1670. The summed E-state index contributed by atoms with van der Waals surface area (Å²) in [6.45, 7) is 13.1. The molecular formula is C34H43Cl2N7O4. The van der Waals surface area contributed by atoms with Gasteiger partial charge in [0, 0.05) is 49.4 Å². The molecule has 4 rings (SSSR count). The largest absolute Gasteiger partial charge is 0.495 e. The number of fused-ring (bicyclic) bond motifs is 1. The predicted octanol–water partition coefficient (Wildman–Crippen LogP) is 6.02. The summed E-state index contributed by atoms with van der Waals surface area (Å²) in [7, 11) is 2.96. The molecule has 1 atom stereocenters. The van der Waals surface area contributed by atoms with E-state index in [2.05, 4.69) is 35.6 Å². The van der Waals surface area contributed by atoms with Crippen LogP contribution in [0.15, 0.2) is 35.3 Å². The topological polar surface area (TPSA) is 126 Å². The summed E-state index contributed by atoms with van der Waals surface area (Å²) in [5, 5.41) is 13.5. The Morgan fingerprint density at radius 2 is 1.87 bits per heavy atom. The first kappa shape index (κ1) is 36.0. The minimum Gasteiger partial charge on any atom is -0.495 e. The Morgan fingerprint density at radius 1 is 1.17 bits per heavy atom. The number of carbonyl (C=O) groups excluding carboxylic acids is 1. The summed E-state index contributed by atoms with van der Waals surface area (Å²) in [6, 6.07) is 5.13. The maximum Gasteiger partial charge on any atom is 0.263 e. The summed E-state index contributed by atoms with van der Waals surface area (Å²) >= 11 is 13.5. The number of nitriles is 1. The minimum atomic E-state index is -0.348. The SMILES string of the molecule is C=C(C#N)C(=O)N1CCCC(CCn2c(=O)c(-c3c(Cl)c(OC)cc(OC)c3Cl)cc3cnc(NCCCCN(CC)CC)nc32)C1. The van der Waals surface area contributed by atoms with Gasteiger partial charge in [0.15, 0.2) is 0 Å². The summed E-state index contributed by atoms with van der Waals surface area (Å²) in [5.41, 5.74) is 0.624. The highest BCUT2D eigenvalue weighted by atomic mass is 35.5. The van der Waals surface area contributed by atoms with Crippen LogP contribution in [0, 0.1) is 17.2 Å². The highest BCUT2D eigenvalue weighted by Crippen LogP contribution is 2.45. The molecule has 0 spiro atoms. The molecule has 1 unspecified atom stereocenters. The van der Waals surface area contributed by atoms with Crippen molar-refractivity contribution in [3.8, 4) is 28.7 Å². The number of hydrogen-bond donors (Lipinski definition) is 1. The Labute approximate surface area is 286 Å². The van der Waals surface area contributed by atoms with E-state index < -0.39 is 0 Å². The van der Waals surface area contributed by atoms with E-state index in [0.717, 1.165) is 45.3 Å². The molecule has 2 aromatic heterocycles. The van der Waals surface area contributed by atoms with Crippen LogP contribution >= 0.6 is 23.2 Å². The molecule has 1 saturated heterocycles. The number of rotatable bonds is 15. The minimum absolute atomic E-state index is 0.0761. The molecule has 3 heterocycles. The fraction of sp³-hybridized carbons (Fsp3) is 0.500. The molecule has 1 N–H and O–H groups in total. The molecule has 1 aliphatic heterocycles. The second kappa shape index (κ2) is 16.8. The van der Waals surface area contributed by atoms with Crippen molar-refractivity contribution in [1.29, 1.82) is 5.26 Å². The maximum absolute atomic E-state index is 14.4. The summed E-state index contributed by atoms with van der Waals surface area (Å²) in [5.74, 6) is 0.830. The number of ether oxygens (including phenoxy) is 2.